The average molecular weight is 551 g/mol. The number of aliphatic hydroxyl groups excluding tert-OH is 2. The summed E-state index contributed by atoms with van der Waals surface area (Å²) in [6.07, 6.45) is 0.907. The van der Waals surface area contributed by atoms with Gasteiger partial charge in [-0.1, -0.05) is 0 Å². The molecule has 0 heterocycles. The summed E-state index contributed by atoms with van der Waals surface area (Å²) in [6.45, 7) is 0. The number of carbonyl (C=O) groups is 3. The molecular formula is C24H30N4O9S. The molecule has 1 saturated carbocycles. The molecule has 14 heteroatoms. The number of hydrogen-bond acceptors (Lipinski definition) is 11. The van der Waals surface area contributed by atoms with Crippen molar-refractivity contribution in [1.82, 2.24) is 4.90 Å². The first-order valence-electron chi connectivity index (χ1n) is 11.6. The molecule has 1 aromatic rings. The van der Waals surface area contributed by atoms with Gasteiger partial charge in [-0.25, -0.2) is 8.42 Å². The number of primary amides is 1. The maximum atomic E-state index is 13.9. The number of nitrogens with one attached hydrogen (secondary N) is 1. The maximum absolute atomic E-state index is 13.9. The molecule has 2 unspecified atom stereocenters. The van der Waals surface area contributed by atoms with E-state index in [1.54, 1.807) is 19.0 Å². The summed E-state index contributed by atoms with van der Waals surface area (Å²) >= 11 is 0. The molecule has 38 heavy (non-hydrogen) atoms. The van der Waals surface area contributed by atoms with Gasteiger partial charge in [0.15, 0.2) is 17.1 Å². The highest BCUT2D eigenvalue weighted by atomic mass is 32.2. The Morgan fingerprint density at radius 2 is 1.76 bits per heavy atom. The number of hydrogen-bond donors (Lipinski definition) is 6. The fourth-order valence-electron chi connectivity index (χ4n) is 5.97. The number of phenols is 1. The zero-order valence-corrected chi connectivity index (χ0v) is 22.3. The minimum absolute atomic E-state index is 0.0528. The van der Waals surface area contributed by atoms with E-state index in [9.17, 15) is 43.2 Å². The molecule has 206 valence electrons. The number of nitrogens with zero attached hydrogens (tertiary/aromatic N) is 2. The summed E-state index contributed by atoms with van der Waals surface area (Å²) in [5.41, 5.74) is 1.75. The fraction of sp³-hybridized carbons (Fsp3) is 0.458. The molecule has 4 rings (SSSR count). The van der Waals surface area contributed by atoms with E-state index in [1.165, 1.54) is 25.1 Å². The number of aliphatic hydroxyl groups is 3. The van der Waals surface area contributed by atoms with Crippen molar-refractivity contribution in [1.29, 1.82) is 0 Å². The number of ketones is 2. The number of amides is 1. The first-order valence-corrected chi connectivity index (χ1v) is 13.5. The summed E-state index contributed by atoms with van der Waals surface area (Å²) in [7, 11) is 2.55. The number of phenolic OH excluding ortho intramolecular Hbond substituents is 1. The standard InChI is InChI=1S/C24H30N4O9S/c1-27(2)13-8-12(26-38(5,36)37)18(29)15-10(13)6-9-7-11-17(28(3)4)20(31)16(23(25)34)22(33)24(11,35)21(32)14(9)19(15)30/h8-9,11,17,26,29-30,33,35H,6-7H2,1-5H3,(H2,25,34)/t9?,11?,17-,24-/m0/s1. The molecule has 0 saturated heterocycles. The quantitative estimate of drug-likeness (QED) is 0.201. The van der Waals surface area contributed by atoms with E-state index in [2.05, 4.69) is 4.72 Å². The van der Waals surface area contributed by atoms with E-state index in [-0.39, 0.29) is 29.7 Å². The number of Topliss-reactive ketones (excluding diaryl/α,β-unsaturated/α-hetero) is 2. The largest absolute Gasteiger partial charge is 0.508 e. The lowest BCUT2D eigenvalue weighted by atomic mass is 9.57. The molecule has 1 aromatic carbocycles. The number of likely N-dealkylation sites (N-methyl/N-ethyl adjacent to an activating group) is 1. The van der Waals surface area contributed by atoms with Crippen LogP contribution in [0.25, 0.3) is 5.76 Å². The third-order valence-corrected chi connectivity index (χ3v) is 8.07. The van der Waals surface area contributed by atoms with Crippen molar-refractivity contribution in [3.63, 3.8) is 0 Å². The van der Waals surface area contributed by atoms with Crippen LogP contribution >= 0.6 is 0 Å². The SMILES string of the molecule is CN(C)c1cc(NS(C)(=O)=O)c(O)c2c1CC1CC3[C@H](N(C)C)C(=O)C(C(N)=O)=C(O)[C@@]3(O)C(=O)C1=C2O. The van der Waals surface area contributed by atoms with Gasteiger partial charge < -0.3 is 31.1 Å². The number of anilines is 2. The Hall–Kier alpha value is -3.62. The van der Waals surface area contributed by atoms with Crippen molar-refractivity contribution in [2.75, 3.05) is 44.1 Å². The Bertz CT molecular complexity index is 1460. The van der Waals surface area contributed by atoms with Crippen molar-refractivity contribution in [2.45, 2.75) is 24.5 Å². The molecule has 0 radical (unpaired) electrons. The highest BCUT2D eigenvalue weighted by Gasteiger charge is 2.64. The molecule has 7 N–H and O–H groups in total. The second-order valence-electron chi connectivity index (χ2n) is 10.4. The van der Waals surface area contributed by atoms with Gasteiger partial charge in [0, 0.05) is 31.3 Å². The highest BCUT2D eigenvalue weighted by Crippen LogP contribution is 2.54. The van der Waals surface area contributed by atoms with Crippen LogP contribution in [0.1, 0.15) is 17.5 Å². The second kappa shape index (κ2) is 8.71. The molecule has 0 aromatic heterocycles. The molecule has 0 spiro atoms. The highest BCUT2D eigenvalue weighted by molar-refractivity contribution is 7.92. The van der Waals surface area contributed by atoms with E-state index in [0.717, 1.165) is 6.26 Å². The second-order valence-corrected chi connectivity index (χ2v) is 12.1. The van der Waals surface area contributed by atoms with Crippen molar-refractivity contribution >= 4 is 44.6 Å². The molecule has 1 amide bonds. The van der Waals surface area contributed by atoms with Crippen LogP contribution in [0.2, 0.25) is 0 Å². The van der Waals surface area contributed by atoms with E-state index < -0.39 is 73.8 Å². The van der Waals surface area contributed by atoms with Gasteiger partial charge in [-0.15, -0.1) is 0 Å². The van der Waals surface area contributed by atoms with E-state index in [4.69, 9.17) is 5.73 Å². The monoisotopic (exact) mass is 550 g/mol. The molecular weight excluding hydrogens is 520 g/mol. The molecule has 3 aliphatic carbocycles. The molecule has 13 nitrogen and oxygen atoms in total. The summed E-state index contributed by atoms with van der Waals surface area (Å²) in [4.78, 5) is 42.2. The van der Waals surface area contributed by atoms with E-state index in [0.29, 0.717) is 11.3 Å². The van der Waals surface area contributed by atoms with Gasteiger partial charge in [0.2, 0.25) is 15.8 Å². The normalized spacial score (nSPS) is 27.2. The van der Waals surface area contributed by atoms with Gasteiger partial charge in [-0.05, 0) is 44.5 Å². The zero-order valence-electron chi connectivity index (χ0n) is 21.4. The Morgan fingerprint density at radius 1 is 1.16 bits per heavy atom. The third-order valence-electron chi connectivity index (χ3n) is 7.47. The third kappa shape index (κ3) is 3.82. The van der Waals surface area contributed by atoms with Crippen LogP contribution in [0.3, 0.4) is 0 Å². The molecule has 3 aliphatic rings. The molecule has 0 bridgehead atoms. The van der Waals surface area contributed by atoms with Gasteiger partial charge in [0.1, 0.15) is 17.1 Å². The zero-order chi connectivity index (χ0) is 28.6. The number of nitrogens with two attached hydrogens (primary N) is 1. The van der Waals surface area contributed by atoms with Crippen LogP contribution in [0.4, 0.5) is 11.4 Å². The average Bonchev–Trinajstić information content (AvgIpc) is 2.76. The smallest absolute Gasteiger partial charge is 0.255 e. The summed E-state index contributed by atoms with van der Waals surface area (Å²) in [5.74, 6) is -7.77. The first kappa shape index (κ1) is 27.4. The maximum Gasteiger partial charge on any atom is 0.255 e. The predicted octanol–water partition coefficient (Wildman–Crippen LogP) is -0.598. The minimum atomic E-state index is -3.84. The Balaban J connectivity index is 2.01. The number of benzene rings is 1. The minimum Gasteiger partial charge on any atom is -0.508 e. The van der Waals surface area contributed by atoms with Gasteiger partial charge in [0.25, 0.3) is 5.91 Å². The van der Waals surface area contributed by atoms with E-state index >= 15 is 0 Å². The number of sulfonamides is 1. The Labute approximate surface area is 218 Å². The van der Waals surface area contributed by atoms with Crippen LogP contribution in [-0.2, 0) is 30.8 Å². The van der Waals surface area contributed by atoms with Gasteiger partial charge in [-0.2, -0.15) is 0 Å². The van der Waals surface area contributed by atoms with Gasteiger partial charge in [0.05, 0.1) is 23.5 Å². The van der Waals surface area contributed by atoms with Crippen LogP contribution in [-0.4, -0.2) is 97.3 Å². The van der Waals surface area contributed by atoms with E-state index in [1.807, 2.05) is 0 Å². The predicted molar refractivity (Wildman–Crippen MR) is 137 cm³/mol. The number of fused-ring (bicyclic) bond motifs is 3. The Kier molecular flexibility index (Phi) is 6.29. The van der Waals surface area contributed by atoms with Crippen molar-refractivity contribution in [2.24, 2.45) is 17.6 Å². The molecule has 4 atom stereocenters. The summed E-state index contributed by atoms with van der Waals surface area (Å²) in [5, 5.41) is 44.9. The summed E-state index contributed by atoms with van der Waals surface area (Å²) in [6, 6.07) is 0.213. The number of aromatic hydroxyl groups is 1. The Morgan fingerprint density at radius 3 is 2.26 bits per heavy atom. The van der Waals surface area contributed by atoms with Crippen molar-refractivity contribution in [3.8, 4) is 5.75 Å². The lowest BCUT2D eigenvalue weighted by Crippen LogP contribution is -2.65. The number of rotatable bonds is 5. The number of carbonyl (C=O) groups excluding carboxylic acids is 3. The van der Waals surface area contributed by atoms with Crippen LogP contribution in [0.5, 0.6) is 5.75 Å². The molecule has 1 fully saturated rings. The van der Waals surface area contributed by atoms with Crippen LogP contribution in [0, 0.1) is 11.8 Å². The summed E-state index contributed by atoms with van der Waals surface area (Å²) < 4.78 is 26.0. The first-order chi connectivity index (χ1) is 17.4. The van der Waals surface area contributed by atoms with Gasteiger partial charge >= 0.3 is 0 Å². The van der Waals surface area contributed by atoms with Gasteiger partial charge in [-0.3, -0.25) is 24.0 Å². The molecule has 0 aliphatic heterocycles. The topological polar surface area (TPSA) is 211 Å². The fourth-order valence-corrected chi connectivity index (χ4v) is 6.52. The lowest BCUT2D eigenvalue weighted by Gasteiger charge is -2.50. The van der Waals surface area contributed by atoms with Crippen molar-refractivity contribution in [3.05, 3.63) is 34.1 Å². The van der Waals surface area contributed by atoms with Crippen LogP contribution in [0.15, 0.2) is 23.0 Å². The van der Waals surface area contributed by atoms with Crippen LogP contribution < -0.4 is 15.4 Å². The lowest BCUT2D eigenvalue weighted by molar-refractivity contribution is -0.153. The van der Waals surface area contributed by atoms with Crippen molar-refractivity contribution < 1.29 is 43.2 Å².